The van der Waals surface area contributed by atoms with Gasteiger partial charge in [-0.2, -0.15) is 0 Å². The van der Waals surface area contributed by atoms with Crippen molar-refractivity contribution in [2.45, 2.75) is 95.6 Å². The van der Waals surface area contributed by atoms with Crippen molar-refractivity contribution in [2.24, 2.45) is 22.9 Å². The number of hydrogen-bond acceptors (Lipinski definition) is 9. The fourth-order valence-corrected chi connectivity index (χ4v) is 8.06. The number of aliphatic hydroxyl groups excluding tert-OH is 2. The normalized spacial score (nSPS) is 26.0. The van der Waals surface area contributed by atoms with E-state index in [1.807, 2.05) is 20.8 Å². The average Bonchev–Trinajstić information content (AvgIpc) is 3.10. The smallest absolute Gasteiger partial charge is 0.410 e. The monoisotopic (exact) mass is 708 g/mol. The number of carbonyl (C=O) groups is 1. The highest BCUT2D eigenvalue weighted by Crippen LogP contribution is 2.62. The summed E-state index contributed by atoms with van der Waals surface area (Å²) in [5, 5.41) is 35.1. The Balaban J connectivity index is 1.79. The first-order valence-electron chi connectivity index (χ1n) is 18.0. The van der Waals surface area contributed by atoms with Gasteiger partial charge in [0.1, 0.15) is 29.0 Å². The van der Waals surface area contributed by atoms with E-state index in [1.54, 1.807) is 41.3 Å². The van der Waals surface area contributed by atoms with Gasteiger partial charge in [-0.15, -0.1) is 6.58 Å². The van der Waals surface area contributed by atoms with E-state index in [0.717, 1.165) is 36.8 Å². The zero-order chi connectivity index (χ0) is 36.8. The highest BCUT2D eigenvalue weighted by molar-refractivity contribution is 6.03. The summed E-state index contributed by atoms with van der Waals surface area (Å²) >= 11 is 0. The van der Waals surface area contributed by atoms with E-state index in [4.69, 9.17) is 24.2 Å². The van der Waals surface area contributed by atoms with E-state index < -0.39 is 35.3 Å². The Kier molecular flexibility index (Phi) is 12.5. The first-order chi connectivity index (χ1) is 24.5. The number of aliphatic hydroxyl groups is 2. The van der Waals surface area contributed by atoms with Crippen molar-refractivity contribution < 1.29 is 43.6 Å². The highest BCUT2D eigenvalue weighted by Gasteiger charge is 2.65. The van der Waals surface area contributed by atoms with Gasteiger partial charge < -0.3 is 34.4 Å². The van der Waals surface area contributed by atoms with Gasteiger partial charge in [0.25, 0.3) is 0 Å². The number of rotatable bonds is 15. The van der Waals surface area contributed by atoms with Crippen molar-refractivity contribution in [3.63, 3.8) is 0 Å². The van der Waals surface area contributed by atoms with Gasteiger partial charge in [-0.1, -0.05) is 42.3 Å². The second kappa shape index (κ2) is 16.6. The number of benzene rings is 2. The minimum Gasteiger partial charge on any atom is -0.508 e. The van der Waals surface area contributed by atoms with Gasteiger partial charge >= 0.3 is 6.09 Å². The van der Waals surface area contributed by atoms with Gasteiger partial charge in [0.15, 0.2) is 0 Å². The molecule has 1 saturated carbocycles. The maximum atomic E-state index is 14.0. The Bertz CT molecular complexity index is 1570. The molecule has 5 rings (SSSR count). The van der Waals surface area contributed by atoms with Crippen molar-refractivity contribution in [2.75, 3.05) is 26.9 Å². The number of amides is 1. The molecule has 0 bridgehead atoms. The van der Waals surface area contributed by atoms with Crippen molar-refractivity contribution in [3.8, 4) is 11.5 Å². The summed E-state index contributed by atoms with van der Waals surface area (Å²) < 4.78 is 33.3. The second-order valence-corrected chi connectivity index (χ2v) is 14.7. The summed E-state index contributed by atoms with van der Waals surface area (Å²) in [6, 6.07) is 10.2. The van der Waals surface area contributed by atoms with E-state index in [0.29, 0.717) is 29.9 Å². The van der Waals surface area contributed by atoms with Crippen molar-refractivity contribution in [1.82, 2.24) is 4.90 Å². The van der Waals surface area contributed by atoms with Crippen LogP contribution in [0, 0.1) is 23.6 Å². The topological polar surface area (TPSA) is 130 Å². The van der Waals surface area contributed by atoms with Crippen LogP contribution in [-0.2, 0) is 20.9 Å². The average molecular weight is 709 g/mol. The lowest BCUT2D eigenvalue weighted by molar-refractivity contribution is -0.256. The summed E-state index contributed by atoms with van der Waals surface area (Å²) in [5.41, 5.74) is 2.42. The van der Waals surface area contributed by atoms with Crippen LogP contribution in [0.15, 0.2) is 71.9 Å². The standard InChI is InChI=1S/C40H53FN2O8/c1-6-21-49-40-35(43(38(47)48-5)25-26-13-15-28(41)16-14-26)24-33(42-51-39(2,3)4)31-22-27(11-7-9-19-44)30(12-8-10-20-45)36(37(31)40)32-23-29(46)17-18-34(32)50-40/h6,13-18,22-23,27,30,35-37,44-46H,1,7-12,19-21,24-25H2,2-5H3/t27-,30+,35-,36+,37+,40+/m0/s1. The van der Waals surface area contributed by atoms with Crippen LogP contribution >= 0.6 is 0 Å². The molecule has 0 saturated heterocycles. The van der Waals surface area contributed by atoms with Crippen LogP contribution in [0.5, 0.6) is 11.5 Å². The molecule has 2 aliphatic carbocycles. The molecule has 11 heteroatoms. The third-order valence-corrected chi connectivity index (χ3v) is 10.1. The van der Waals surface area contributed by atoms with Crippen LogP contribution in [0.25, 0.3) is 0 Å². The lowest BCUT2D eigenvalue weighted by Crippen LogP contribution is -2.70. The number of aromatic hydroxyl groups is 1. The lowest BCUT2D eigenvalue weighted by Gasteiger charge is -2.59. The Morgan fingerprint density at radius 1 is 1.10 bits per heavy atom. The molecular formula is C40H53FN2O8. The molecule has 0 aromatic heterocycles. The molecular weight excluding hydrogens is 655 g/mol. The molecule has 51 heavy (non-hydrogen) atoms. The molecule has 1 fully saturated rings. The minimum atomic E-state index is -1.48. The maximum absolute atomic E-state index is 14.0. The number of carbonyl (C=O) groups excluding carboxylic acids is 1. The number of fused-ring (bicyclic) bond motifs is 2. The van der Waals surface area contributed by atoms with Gasteiger partial charge in [-0.25, -0.2) is 9.18 Å². The van der Waals surface area contributed by atoms with Gasteiger partial charge in [0, 0.05) is 37.7 Å². The summed E-state index contributed by atoms with van der Waals surface area (Å²) in [6.45, 7) is 10.0. The van der Waals surface area contributed by atoms with E-state index in [9.17, 15) is 24.5 Å². The number of halogens is 1. The molecule has 2 aromatic carbocycles. The predicted molar refractivity (Wildman–Crippen MR) is 192 cm³/mol. The molecule has 0 spiro atoms. The van der Waals surface area contributed by atoms with Crippen LogP contribution < -0.4 is 4.74 Å². The van der Waals surface area contributed by atoms with Crippen LogP contribution in [0.2, 0.25) is 0 Å². The SMILES string of the molecule is C=CCO[C@@]12Oc3ccc(O)cc3[C@H]3[C@H](CCCCO)[C@@H](CCCCO)C=C(C(=NOC(C)(C)C)C[C@@H]1N(Cc1ccc(F)cc1)C(=O)OC)[C@H]32. The van der Waals surface area contributed by atoms with Crippen LogP contribution in [0.4, 0.5) is 9.18 Å². The largest absolute Gasteiger partial charge is 0.508 e. The Labute approximate surface area is 300 Å². The van der Waals surface area contributed by atoms with Crippen molar-refractivity contribution in [1.29, 1.82) is 0 Å². The number of methoxy groups -OCH3 is 1. The van der Waals surface area contributed by atoms with Crippen molar-refractivity contribution in [3.05, 3.63) is 83.7 Å². The fourth-order valence-electron chi connectivity index (χ4n) is 8.06. The number of ether oxygens (including phenoxy) is 3. The maximum Gasteiger partial charge on any atom is 0.410 e. The summed E-state index contributed by atoms with van der Waals surface area (Å²) in [4.78, 5) is 21.6. The molecule has 278 valence electrons. The number of unbranched alkanes of at least 4 members (excludes halogenated alkanes) is 2. The Morgan fingerprint density at radius 3 is 2.45 bits per heavy atom. The van der Waals surface area contributed by atoms with Gasteiger partial charge in [-0.05, 0) is 99.8 Å². The molecule has 1 aliphatic heterocycles. The van der Waals surface area contributed by atoms with Crippen molar-refractivity contribution >= 4 is 11.8 Å². The molecule has 3 N–H and O–H groups in total. The predicted octanol–water partition coefficient (Wildman–Crippen LogP) is 7.23. The van der Waals surface area contributed by atoms with Crippen LogP contribution in [0.1, 0.15) is 82.8 Å². The van der Waals surface area contributed by atoms with E-state index >= 15 is 0 Å². The van der Waals surface area contributed by atoms with Gasteiger partial charge in [-0.3, -0.25) is 4.90 Å². The zero-order valence-electron chi connectivity index (χ0n) is 30.2. The molecule has 0 unspecified atom stereocenters. The number of allylic oxidation sites excluding steroid dienone is 1. The highest BCUT2D eigenvalue weighted by atomic mass is 19.1. The molecule has 1 amide bonds. The molecule has 3 aliphatic rings. The summed E-state index contributed by atoms with van der Waals surface area (Å²) in [6.07, 6.45) is 7.93. The number of nitrogens with zero attached hydrogens (tertiary/aromatic N) is 2. The third kappa shape index (κ3) is 8.42. The fraction of sp³-hybridized carbons (Fsp3) is 0.550. The van der Waals surface area contributed by atoms with Crippen LogP contribution in [0.3, 0.4) is 0 Å². The summed E-state index contributed by atoms with van der Waals surface area (Å²) in [7, 11) is 1.32. The third-order valence-electron chi connectivity index (χ3n) is 10.1. The van der Waals surface area contributed by atoms with Gasteiger partial charge in [0.2, 0.25) is 5.79 Å². The van der Waals surface area contributed by atoms with Gasteiger partial charge in [0.05, 0.1) is 25.3 Å². The molecule has 0 radical (unpaired) electrons. The number of hydrogen-bond donors (Lipinski definition) is 3. The van der Waals surface area contributed by atoms with E-state index in [2.05, 4.69) is 12.7 Å². The lowest BCUT2D eigenvalue weighted by atomic mass is 9.55. The number of oxime groups is 1. The van der Waals surface area contributed by atoms with Crippen LogP contribution in [-0.4, -0.2) is 76.4 Å². The molecule has 10 nitrogen and oxygen atoms in total. The quantitative estimate of drug-likeness (QED) is 0.100. The second-order valence-electron chi connectivity index (χ2n) is 14.7. The Morgan fingerprint density at radius 2 is 1.80 bits per heavy atom. The molecule has 1 heterocycles. The minimum absolute atomic E-state index is 0.0207. The number of phenolic OH excluding ortho intramolecular Hbond substituents is 1. The molecule has 2 aromatic rings. The van der Waals surface area contributed by atoms with E-state index in [1.165, 1.54) is 19.2 Å². The Hall–Kier alpha value is -3.93. The van der Waals surface area contributed by atoms with E-state index in [-0.39, 0.29) is 56.3 Å². The number of phenols is 1. The zero-order valence-corrected chi connectivity index (χ0v) is 30.2. The first kappa shape index (κ1) is 38.3. The summed E-state index contributed by atoms with van der Waals surface area (Å²) in [5.74, 6) is -1.95. The first-order valence-corrected chi connectivity index (χ1v) is 18.0. The molecule has 6 atom stereocenters.